The molecule has 2 heteroatoms. The van der Waals surface area contributed by atoms with Crippen LogP contribution in [0.5, 0.6) is 0 Å². The van der Waals surface area contributed by atoms with Crippen molar-refractivity contribution in [3.63, 3.8) is 0 Å². The van der Waals surface area contributed by atoms with E-state index >= 15 is 0 Å². The first-order chi connectivity index (χ1) is 4.70. The molecule has 0 aromatic rings. The smallest absolute Gasteiger partial charge is 0.0747 e. The predicted molar refractivity (Wildman–Crippen MR) is 48.2 cm³/mol. The van der Waals surface area contributed by atoms with E-state index in [1.807, 2.05) is 6.92 Å². The summed E-state index contributed by atoms with van der Waals surface area (Å²) in [6.07, 6.45) is 2.69. The second-order valence-electron chi connectivity index (χ2n) is 3.21. The monoisotopic (exact) mass is 157 g/mol. The van der Waals surface area contributed by atoms with E-state index in [0.717, 1.165) is 10.9 Å². The van der Waals surface area contributed by atoms with Gasteiger partial charge in [0, 0.05) is 13.1 Å². The Morgan fingerprint density at radius 1 is 1.60 bits per heavy atom. The molecule has 58 valence electrons. The van der Waals surface area contributed by atoms with E-state index in [-0.39, 0.29) is 0 Å². The van der Waals surface area contributed by atoms with E-state index in [1.165, 1.54) is 25.9 Å². The zero-order valence-corrected chi connectivity index (χ0v) is 7.58. The van der Waals surface area contributed by atoms with Crippen LogP contribution in [0.4, 0.5) is 0 Å². The zero-order chi connectivity index (χ0) is 7.56. The molecule has 1 aliphatic rings. The number of rotatable bonds is 0. The van der Waals surface area contributed by atoms with Crippen LogP contribution in [0.3, 0.4) is 0 Å². The van der Waals surface area contributed by atoms with Crippen molar-refractivity contribution in [2.24, 2.45) is 5.92 Å². The number of nitrogens with zero attached hydrogens (tertiary/aromatic N) is 1. The molecule has 0 aliphatic carbocycles. The van der Waals surface area contributed by atoms with Crippen molar-refractivity contribution in [3.05, 3.63) is 0 Å². The average molecular weight is 157 g/mol. The van der Waals surface area contributed by atoms with Gasteiger partial charge in [-0.05, 0) is 25.7 Å². The maximum Gasteiger partial charge on any atom is 0.0747 e. The highest BCUT2D eigenvalue weighted by molar-refractivity contribution is 7.80. The first-order valence-electron chi connectivity index (χ1n) is 3.95. The average Bonchev–Trinajstić information content (AvgIpc) is 1.88. The molecule has 1 nitrogen and oxygen atoms in total. The summed E-state index contributed by atoms with van der Waals surface area (Å²) in [5, 5.41) is 0. The Morgan fingerprint density at radius 2 is 2.30 bits per heavy atom. The summed E-state index contributed by atoms with van der Waals surface area (Å²) < 4.78 is 0. The fourth-order valence-electron chi connectivity index (χ4n) is 1.48. The third-order valence-corrected chi connectivity index (χ3v) is 2.36. The first kappa shape index (κ1) is 7.99. The van der Waals surface area contributed by atoms with Gasteiger partial charge in [0.15, 0.2) is 0 Å². The van der Waals surface area contributed by atoms with Gasteiger partial charge in [-0.25, -0.2) is 0 Å². The van der Waals surface area contributed by atoms with Crippen LogP contribution < -0.4 is 0 Å². The Hall–Kier alpha value is -0.110. The Kier molecular flexibility index (Phi) is 2.66. The molecule has 0 amide bonds. The predicted octanol–water partition coefficient (Wildman–Crippen LogP) is 2.07. The van der Waals surface area contributed by atoms with E-state index < -0.39 is 0 Å². The van der Waals surface area contributed by atoms with Crippen LogP contribution in [-0.2, 0) is 0 Å². The standard InChI is InChI=1S/C8H15NS/c1-7-4-3-5-9(6-7)8(2)10/h7H,3-6H2,1-2H3/t7-/m0/s1. The molecule has 1 aliphatic heterocycles. The number of hydrogen-bond donors (Lipinski definition) is 0. The van der Waals surface area contributed by atoms with Gasteiger partial charge < -0.3 is 4.90 Å². The molecule has 0 unspecified atom stereocenters. The lowest BCUT2D eigenvalue weighted by Gasteiger charge is -2.31. The van der Waals surface area contributed by atoms with E-state index in [0.29, 0.717) is 0 Å². The highest BCUT2D eigenvalue weighted by Gasteiger charge is 2.15. The van der Waals surface area contributed by atoms with Crippen LogP contribution in [0, 0.1) is 5.92 Å². The third-order valence-electron chi connectivity index (χ3n) is 2.10. The summed E-state index contributed by atoms with van der Waals surface area (Å²) >= 11 is 5.09. The summed E-state index contributed by atoms with van der Waals surface area (Å²) in [7, 11) is 0. The van der Waals surface area contributed by atoms with Gasteiger partial charge in [0.05, 0.1) is 4.99 Å². The van der Waals surface area contributed by atoms with Crippen molar-refractivity contribution in [2.45, 2.75) is 26.7 Å². The SMILES string of the molecule is CC(=S)N1CCC[C@H](C)C1. The molecule has 0 saturated carbocycles. The number of hydrogen-bond acceptors (Lipinski definition) is 1. The van der Waals surface area contributed by atoms with Crippen molar-refractivity contribution in [1.82, 2.24) is 4.90 Å². The Bertz CT molecular complexity index is 133. The van der Waals surface area contributed by atoms with E-state index in [1.54, 1.807) is 0 Å². The molecule has 0 aromatic heterocycles. The van der Waals surface area contributed by atoms with Crippen LogP contribution in [0.25, 0.3) is 0 Å². The van der Waals surface area contributed by atoms with Gasteiger partial charge in [-0.3, -0.25) is 0 Å². The Labute approximate surface area is 68.4 Å². The van der Waals surface area contributed by atoms with E-state index in [4.69, 9.17) is 12.2 Å². The van der Waals surface area contributed by atoms with Crippen LogP contribution in [-0.4, -0.2) is 23.0 Å². The van der Waals surface area contributed by atoms with E-state index in [9.17, 15) is 0 Å². The highest BCUT2D eigenvalue weighted by atomic mass is 32.1. The molecule has 1 saturated heterocycles. The minimum absolute atomic E-state index is 0.839. The number of piperidine rings is 1. The lowest BCUT2D eigenvalue weighted by atomic mass is 10.0. The van der Waals surface area contributed by atoms with Crippen molar-refractivity contribution in [3.8, 4) is 0 Å². The molecule has 1 rings (SSSR count). The summed E-state index contributed by atoms with van der Waals surface area (Å²) in [6, 6.07) is 0. The van der Waals surface area contributed by atoms with E-state index in [2.05, 4.69) is 11.8 Å². The van der Waals surface area contributed by atoms with Crippen LogP contribution >= 0.6 is 12.2 Å². The molecule has 1 atom stereocenters. The molecule has 0 aromatic carbocycles. The van der Waals surface area contributed by atoms with Crippen molar-refractivity contribution < 1.29 is 0 Å². The van der Waals surface area contributed by atoms with Gasteiger partial charge >= 0.3 is 0 Å². The minimum Gasteiger partial charge on any atom is -0.366 e. The molecule has 10 heavy (non-hydrogen) atoms. The maximum atomic E-state index is 5.09. The molecule has 1 heterocycles. The topological polar surface area (TPSA) is 3.24 Å². The summed E-state index contributed by atoms with van der Waals surface area (Å²) in [4.78, 5) is 3.37. The first-order valence-corrected chi connectivity index (χ1v) is 4.36. The largest absolute Gasteiger partial charge is 0.366 e. The molecular weight excluding hydrogens is 142 g/mol. The summed E-state index contributed by atoms with van der Waals surface area (Å²) in [6.45, 7) is 6.67. The second-order valence-corrected chi connectivity index (χ2v) is 3.80. The quantitative estimate of drug-likeness (QED) is 0.495. The molecule has 0 radical (unpaired) electrons. The van der Waals surface area contributed by atoms with Gasteiger partial charge in [0.2, 0.25) is 0 Å². The fourth-order valence-corrected chi connectivity index (χ4v) is 1.64. The molecule has 0 bridgehead atoms. The number of thiocarbonyl (C=S) groups is 1. The second kappa shape index (κ2) is 3.33. The van der Waals surface area contributed by atoms with Crippen LogP contribution in [0.2, 0.25) is 0 Å². The van der Waals surface area contributed by atoms with Gasteiger partial charge in [0.25, 0.3) is 0 Å². The lowest BCUT2D eigenvalue weighted by molar-refractivity contribution is 0.276. The zero-order valence-electron chi connectivity index (χ0n) is 6.76. The molecule has 0 spiro atoms. The maximum absolute atomic E-state index is 5.09. The van der Waals surface area contributed by atoms with Crippen LogP contribution in [0.1, 0.15) is 26.7 Å². The Morgan fingerprint density at radius 3 is 2.70 bits per heavy atom. The summed E-state index contributed by atoms with van der Waals surface area (Å²) in [5.74, 6) is 0.839. The van der Waals surface area contributed by atoms with Crippen molar-refractivity contribution in [2.75, 3.05) is 13.1 Å². The Balaban J connectivity index is 2.39. The van der Waals surface area contributed by atoms with Crippen molar-refractivity contribution >= 4 is 17.2 Å². The normalized spacial score (nSPS) is 26.6. The van der Waals surface area contributed by atoms with Gasteiger partial charge in [0.1, 0.15) is 0 Å². The number of likely N-dealkylation sites (tertiary alicyclic amines) is 1. The van der Waals surface area contributed by atoms with Gasteiger partial charge in [-0.1, -0.05) is 19.1 Å². The van der Waals surface area contributed by atoms with Gasteiger partial charge in [-0.15, -0.1) is 0 Å². The van der Waals surface area contributed by atoms with Crippen molar-refractivity contribution in [1.29, 1.82) is 0 Å². The minimum atomic E-state index is 0.839. The molecule has 1 fully saturated rings. The third kappa shape index (κ3) is 1.94. The molecule has 0 N–H and O–H groups in total. The molecular formula is C8H15NS. The van der Waals surface area contributed by atoms with Crippen LogP contribution in [0.15, 0.2) is 0 Å². The summed E-state index contributed by atoms with van der Waals surface area (Å²) in [5.41, 5.74) is 0. The van der Waals surface area contributed by atoms with Gasteiger partial charge in [-0.2, -0.15) is 0 Å². The fraction of sp³-hybridized carbons (Fsp3) is 0.875. The highest BCUT2D eigenvalue weighted by Crippen LogP contribution is 2.15. The lowest BCUT2D eigenvalue weighted by Crippen LogP contribution is -2.36.